The molecule has 78 valence electrons. The minimum Gasteiger partial charge on any atom is -0.0925 e. The van der Waals surface area contributed by atoms with Gasteiger partial charge in [0, 0.05) is 15.4 Å². The summed E-state index contributed by atoms with van der Waals surface area (Å²) < 4.78 is 0. The van der Waals surface area contributed by atoms with Gasteiger partial charge in [0.05, 0.1) is 0 Å². The first-order chi connectivity index (χ1) is 6.57. The van der Waals surface area contributed by atoms with Gasteiger partial charge in [-0.3, -0.25) is 0 Å². The van der Waals surface area contributed by atoms with Crippen molar-refractivity contribution in [3.8, 4) is 0 Å². The monoisotopic (exact) mass is 294 g/mol. The molecule has 0 aromatic heterocycles. The first-order valence-corrected chi connectivity index (χ1v) is 6.45. The summed E-state index contributed by atoms with van der Waals surface area (Å²) in [5.74, 6) is 0.892. The van der Waals surface area contributed by atoms with Crippen LogP contribution in [0.1, 0.15) is 25.3 Å². The number of rotatable bonds is 3. The van der Waals surface area contributed by atoms with E-state index in [-0.39, 0.29) is 0 Å². The number of hydrogen-bond donors (Lipinski definition) is 0. The lowest BCUT2D eigenvalue weighted by atomic mass is 9.90. The molecular formula is C11H13BrCl2. The Kier molecular flexibility index (Phi) is 4.75. The first kappa shape index (κ1) is 12.4. The second kappa shape index (κ2) is 5.39. The molecule has 14 heavy (non-hydrogen) atoms. The minimum atomic E-state index is 0.371. The Morgan fingerprint density at radius 2 is 1.71 bits per heavy atom. The van der Waals surface area contributed by atoms with E-state index in [4.69, 9.17) is 23.2 Å². The van der Waals surface area contributed by atoms with Crippen LogP contribution in [0.4, 0.5) is 0 Å². The zero-order chi connectivity index (χ0) is 10.7. The molecule has 0 N–H and O–H groups in total. The average Bonchev–Trinajstić information content (AvgIpc) is 2.16. The third-order valence-electron chi connectivity index (χ3n) is 2.55. The van der Waals surface area contributed by atoms with Crippen LogP contribution in [0.25, 0.3) is 0 Å². The number of hydrogen-bond acceptors (Lipinski definition) is 0. The topological polar surface area (TPSA) is 0 Å². The molecule has 0 saturated heterocycles. The van der Waals surface area contributed by atoms with Crippen LogP contribution in [-0.2, 0) is 0 Å². The second-order valence-electron chi connectivity index (χ2n) is 3.56. The van der Waals surface area contributed by atoms with Crippen molar-refractivity contribution >= 4 is 39.1 Å². The summed E-state index contributed by atoms with van der Waals surface area (Å²) in [6.07, 6.45) is 0. The molecule has 2 unspecified atom stereocenters. The molecule has 0 spiro atoms. The van der Waals surface area contributed by atoms with Crippen LogP contribution in [-0.4, -0.2) is 5.33 Å². The van der Waals surface area contributed by atoms with Crippen molar-refractivity contribution in [2.75, 3.05) is 5.33 Å². The normalized spacial score (nSPS) is 15.2. The molecule has 0 aliphatic heterocycles. The van der Waals surface area contributed by atoms with E-state index in [1.807, 2.05) is 18.2 Å². The molecule has 1 aromatic rings. The molecule has 0 fully saturated rings. The molecule has 0 aliphatic rings. The minimum absolute atomic E-state index is 0.371. The van der Waals surface area contributed by atoms with Gasteiger partial charge in [-0.05, 0) is 29.5 Å². The van der Waals surface area contributed by atoms with Crippen molar-refractivity contribution in [1.82, 2.24) is 0 Å². The fourth-order valence-corrected chi connectivity index (χ4v) is 2.67. The molecule has 0 saturated carbocycles. The average molecular weight is 296 g/mol. The van der Waals surface area contributed by atoms with Crippen molar-refractivity contribution in [1.29, 1.82) is 0 Å². The number of alkyl halides is 1. The highest BCUT2D eigenvalue weighted by molar-refractivity contribution is 9.09. The predicted octanol–water partition coefficient (Wildman–Crippen LogP) is 5.13. The van der Waals surface area contributed by atoms with Crippen LogP contribution in [0.3, 0.4) is 0 Å². The van der Waals surface area contributed by atoms with Crippen molar-refractivity contribution < 1.29 is 0 Å². The Labute approximate surface area is 104 Å². The Hall–Kier alpha value is 0.280. The predicted molar refractivity (Wildman–Crippen MR) is 67.8 cm³/mol. The number of benzene rings is 1. The maximum Gasteiger partial charge on any atom is 0.0455 e. The lowest BCUT2D eigenvalue weighted by molar-refractivity contribution is 0.547. The third kappa shape index (κ3) is 2.65. The molecule has 0 aliphatic carbocycles. The molecule has 0 bridgehead atoms. The molecule has 1 rings (SSSR count). The lowest BCUT2D eigenvalue weighted by Gasteiger charge is -2.20. The Bertz CT molecular complexity index is 292. The van der Waals surface area contributed by atoms with Gasteiger partial charge in [0.25, 0.3) is 0 Å². The third-order valence-corrected chi connectivity index (χ3v) is 4.23. The zero-order valence-electron chi connectivity index (χ0n) is 8.23. The van der Waals surface area contributed by atoms with Gasteiger partial charge in [-0.2, -0.15) is 0 Å². The smallest absolute Gasteiger partial charge is 0.0455 e. The van der Waals surface area contributed by atoms with Gasteiger partial charge in [-0.15, -0.1) is 0 Å². The Balaban J connectivity index is 3.05. The molecule has 3 heteroatoms. The molecule has 0 amide bonds. The van der Waals surface area contributed by atoms with Gasteiger partial charge in [0.1, 0.15) is 0 Å². The van der Waals surface area contributed by atoms with Gasteiger partial charge in [-0.1, -0.05) is 59.0 Å². The summed E-state index contributed by atoms with van der Waals surface area (Å²) in [5.41, 5.74) is 1.06. The van der Waals surface area contributed by atoms with E-state index in [1.54, 1.807) is 0 Å². The molecule has 2 atom stereocenters. The van der Waals surface area contributed by atoms with Crippen molar-refractivity contribution in [3.63, 3.8) is 0 Å². The highest BCUT2D eigenvalue weighted by atomic mass is 79.9. The highest BCUT2D eigenvalue weighted by Crippen LogP contribution is 2.35. The lowest BCUT2D eigenvalue weighted by Crippen LogP contribution is -2.08. The molecule has 0 nitrogen and oxygen atoms in total. The summed E-state index contributed by atoms with van der Waals surface area (Å²) in [5, 5.41) is 2.48. The van der Waals surface area contributed by atoms with E-state index in [9.17, 15) is 0 Å². The van der Waals surface area contributed by atoms with Crippen LogP contribution in [0, 0.1) is 5.92 Å². The molecule has 1 aromatic carbocycles. The van der Waals surface area contributed by atoms with E-state index in [1.165, 1.54) is 0 Å². The second-order valence-corrected chi connectivity index (χ2v) is 5.02. The standard InChI is InChI=1S/C11H13BrCl2/c1-7(6-12)8(2)11-9(13)4-3-5-10(11)14/h3-5,7-8H,6H2,1-2H3. The van der Waals surface area contributed by atoms with E-state index < -0.39 is 0 Å². The van der Waals surface area contributed by atoms with Gasteiger partial charge in [0.15, 0.2) is 0 Å². The molecule has 0 heterocycles. The van der Waals surface area contributed by atoms with Crippen molar-refractivity contribution in [3.05, 3.63) is 33.8 Å². The first-order valence-electron chi connectivity index (χ1n) is 4.57. The van der Waals surface area contributed by atoms with Crippen LogP contribution >= 0.6 is 39.1 Å². The summed E-state index contributed by atoms with van der Waals surface area (Å²) in [4.78, 5) is 0. The van der Waals surface area contributed by atoms with Crippen LogP contribution in [0.5, 0.6) is 0 Å². The molecular weight excluding hydrogens is 283 g/mol. The summed E-state index contributed by atoms with van der Waals surface area (Å²) in [6, 6.07) is 5.65. The van der Waals surface area contributed by atoms with Gasteiger partial charge >= 0.3 is 0 Å². The van der Waals surface area contributed by atoms with E-state index in [0.717, 1.165) is 20.9 Å². The summed E-state index contributed by atoms with van der Waals surface area (Å²) >= 11 is 15.7. The van der Waals surface area contributed by atoms with E-state index in [2.05, 4.69) is 29.8 Å². The van der Waals surface area contributed by atoms with E-state index >= 15 is 0 Å². The maximum absolute atomic E-state index is 6.13. The van der Waals surface area contributed by atoms with Crippen LogP contribution < -0.4 is 0 Å². The van der Waals surface area contributed by atoms with E-state index in [0.29, 0.717) is 11.8 Å². The van der Waals surface area contributed by atoms with Gasteiger partial charge in [-0.25, -0.2) is 0 Å². The summed E-state index contributed by atoms with van der Waals surface area (Å²) in [6.45, 7) is 4.33. The Morgan fingerprint density at radius 1 is 1.21 bits per heavy atom. The maximum atomic E-state index is 6.13. The SMILES string of the molecule is CC(CBr)C(C)c1c(Cl)cccc1Cl. The largest absolute Gasteiger partial charge is 0.0925 e. The fourth-order valence-electron chi connectivity index (χ4n) is 1.36. The molecule has 0 radical (unpaired) electrons. The highest BCUT2D eigenvalue weighted by Gasteiger charge is 2.18. The zero-order valence-corrected chi connectivity index (χ0v) is 11.3. The van der Waals surface area contributed by atoms with Gasteiger partial charge in [0.2, 0.25) is 0 Å². The van der Waals surface area contributed by atoms with Gasteiger partial charge < -0.3 is 0 Å². The quantitative estimate of drug-likeness (QED) is 0.678. The summed E-state index contributed by atoms with van der Waals surface area (Å²) in [7, 11) is 0. The van der Waals surface area contributed by atoms with Crippen molar-refractivity contribution in [2.24, 2.45) is 5.92 Å². The Morgan fingerprint density at radius 3 is 2.14 bits per heavy atom. The van der Waals surface area contributed by atoms with Crippen molar-refractivity contribution in [2.45, 2.75) is 19.8 Å². The fraction of sp³-hybridized carbons (Fsp3) is 0.455. The van der Waals surface area contributed by atoms with Crippen LogP contribution in [0.15, 0.2) is 18.2 Å². The van der Waals surface area contributed by atoms with Crippen LogP contribution in [0.2, 0.25) is 10.0 Å². The number of halogens is 3.